The van der Waals surface area contributed by atoms with Crippen molar-refractivity contribution in [3.05, 3.63) is 71.6 Å². The van der Waals surface area contributed by atoms with Crippen molar-refractivity contribution in [3.63, 3.8) is 0 Å². The molecule has 3 rings (SSSR count). The van der Waals surface area contributed by atoms with Gasteiger partial charge in [0.1, 0.15) is 0 Å². The molecule has 1 aliphatic heterocycles. The smallest absolute Gasteiger partial charge is 0.407 e. The van der Waals surface area contributed by atoms with Gasteiger partial charge < -0.3 is 20.0 Å². The van der Waals surface area contributed by atoms with Gasteiger partial charge in [0.25, 0.3) is 0 Å². The number of nitrogens with zero attached hydrogens (tertiary/aromatic N) is 3. The number of aromatic nitrogens is 1. The van der Waals surface area contributed by atoms with Crippen LogP contribution in [0.5, 0.6) is 0 Å². The molecule has 0 aliphatic carbocycles. The number of piperazine rings is 1. The van der Waals surface area contributed by atoms with Crippen molar-refractivity contribution in [2.45, 2.75) is 0 Å². The summed E-state index contributed by atoms with van der Waals surface area (Å²) in [7, 11) is 0. The molecule has 0 spiro atoms. The fourth-order valence-corrected chi connectivity index (χ4v) is 3.03. The Hall–Kier alpha value is -3.94. The highest BCUT2D eigenvalue weighted by Gasteiger charge is 2.20. The molecular formula is C22H21N3O5. The molecule has 1 aromatic heterocycles. The molecule has 0 radical (unpaired) electrons. The number of rotatable bonds is 6. The van der Waals surface area contributed by atoms with Crippen molar-refractivity contribution < 1.29 is 24.6 Å². The van der Waals surface area contributed by atoms with Crippen molar-refractivity contribution in [1.29, 1.82) is 0 Å². The Morgan fingerprint density at radius 1 is 0.867 bits per heavy atom. The van der Waals surface area contributed by atoms with Crippen LogP contribution >= 0.6 is 0 Å². The van der Waals surface area contributed by atoms with Gasteiger partial charge >= 0.3 is 12.1 Å². The number of aliphatic carboxylic acids is 1. The van der Waals surface area contributed by atoms with Crippen LogP contribution in [0.2, 0.25) is 0 Å². The van der Waals surface area contributed by atoms with Crippen LogP contribution in [0, 0.1) is 0 Å². The standard InChI is InChI=1S/C22H21N3O5/c26-20(9-2-16-1-5-18(23-15-16)6-10-21(27)28)17-3-7-19(8-4-17)24-11-13-25(14-12-24)22(29)30/h1-10,15H,11-14H2,(H,27,28)(H,29,30)/b9-2+,10-6+. The molecule has 8 heteroatoms. The number of benzene rings is 1. The molecule has 1 fully saturated rings. The van der Waals surface area contributed by atoms with Crippen LogP contribution in [0.3, 0.4) is 0 Å². The predicted molar refractivity (Wildman–Crippen MR) is 113 cm³/mol. The zero-order valence-corrected chi connectivity index (χ0v) is 16.1. The van der Waals surface area contributed by atoms with Gasteiger partial charge in [0.05, 0.1) is 5.69 Å². The van der Waals surface area contributed by atoms with Gasteiger partial charge in [-0.15, -0.1) is 0 Å². The molecule has 1 aromatic carbocycles. The lowest BCUT2D eigenvalue weighted by molar-refractivity contribution is -0.131. The predicted octanol–water partition coefficient (Wildman–Crippen LogP) is 2.88. The summed E-state index contributed by atoms with van der Waals surface area (Å²) in [5.41, 5.74) is 2.74. The maximum absolute atomic E-state index is 12.4. The van der Waals surface area contributed by atoms with Gasteiger partial charge in [-0.2, -0.15) is 0 Å². The van der Waals surface area contributed by atoms with Crippen LogP contribution in [0.1, 0.15) is 21.6 Å². The van der Waals surface area contributed by atoms with Gasteiger partial charge in [-0.05, 0) is 54.1 Å². The van der Waals surface area contributed by atoms with Crippen molar-refractivity contribution >= 4 is 35.7 Å². The number of carbonyl (C=O) groups is 3. The first kappa shape index (κ1) is 20.8. The van der Waals surface area contributed by atoms with Gasteiger partial charge in [0, 0.05) is 49.7 Å². The number of pyridine rings is 1. The number of hydrogen-bond acceptors (Lipinski definition) is 5. The second kappa shape index (κ2) is 9.51. The van der Waals surface area contributed by atoms with Crippen LogP contribution in [0.25, 0.3) is 12.2 Å². The Balaban J connectivity index is 1.58. The van der Waals surface area contributed by atoms with E-state index in [1.165, 1.54) is 17.1 Å². The van der Waals surface area contributed by atoms with Crippen molar-refractivity contribution in [3.8, 4) is 0 Å². The molecule has 154 valence electrons. The number of ketones is 1. The van der Waals surface area contributed by atoms with Gasteiger partial charge in [-0.1, -0.05) is 6.07 Å². The molecule has 30 heavy (non-hydrogen) atoms. The summed E-state index contributed by atoms with van der Waals surface area (Å²) in [6, 6.07) is 10.7. The molecule has 2 heterocycles. The minimum Gasteiger partial charge on any atom is -0.478 e. The highest BCUT2D eigenvalue weighted by Crippen LogP contribution is 2.18. The number of amides is 1. The van der Waals surface area contributed by atoms with Crippen molar-refractivity contribution in [1.82, 2.24) is 9.88 Å². The van der Waals surface area contributed by atoms with Gasteiger partial charge in [-0.3, -0.25) is 9.78 Å². The maximum atomic E-state index is 12.4. The van der Waals surface area contributed by atoms with Crippen LogP contribution in [-0.2, 0) is 4.79 Å². The quantitative estimate of drug-likeness (QED) is 0.559. The van der Waals surface area contributed by atoms with Crippen LogP contribution in [0.15, 0.2) is 54.7 Å². The second-order valence-electron chi connectivity index (χ2n) is 6.69. The molecule has 2 aromatic rings. The number of hydrogen-bond donors (Lipinski definition) is 2. The fourth-order valence-electron chi connectivity index (χ4n) is 3.03. The summed E-state index contributed by atoms with van der Waals surface area (Å²) in [5, 5.41) is 17.6. The first-order chi connectivity index (χ1) is 14.4. The molecule has 0 atom stereocenters. The van der Waals surface area contributed by atoms with E-state index in [-0.39, 0.29) is 5.78 Å². The van der Waals surface area contributed by atoms with Gasteiger partial charge in [0.2, 0.25) is 0 Å². The van der Waals surface area contributed by atoms with E-state index in [0.717, 1.165) is 17.3 Å². The third-order valence-corrected chi connectivity index (χ3v) is 4.70. The summed E-state index contributed by atoms with van der Waals surface area (Å²) in [6.07, 6.45) is 6.18. The Kier molecular flexibility index (Phi) is 6.59. The lowest BCUT2D eigenvalue weighted by atomic mass is 10.1. The molecule has 0 bridgehead atoms. The summed E-state index contributed by atoms with van der Waals surface area (Å²) < 4.78 is 0. The Labute approximate surface area is 173 Å². The Bertz CT molecular complexity index is 973. The largest absolute Gasteiger partial charge is 0.478 e. The van der Waals surface area contributed by atoms with Crippen molar-refractivity contribution in [2.24, 2.45) is 0 Å². The second-order valence-corrected chi connectivity index (χ2v) is 6.69. The van der Waals surface area contributed by atoms with E-state index < -0.39 is 12.1 Å². The lowest BCUT2D eigenvalue weighted by Gasteiger charge is -2.34. The Morgan fingerprint density at radius 3 is 2.13 bits per heavy atom. The number of anilines is 1. The topological polar surface area (TPSA) is 111 Å². The SMILES string of the molecule is O=C(O)/C=C/c1ccc(/C=C/C(=O)c2ccc(N3CCN(C(=O)O)CC3)cc2)cn1. The average molecular weight is 407 g/mol. The molecule has 1 aliphatic rings. The van der Waals surface area contributed by atoms with Gasteiger partial charge in [-0.25, -0.2) is 9.59 Å². The van der Waals surface area contributed by atoms with Crippen molar-refractivity contribution in [2.75, 3.05) is 31.1 Å². The lowest BCUT2D eigenvalue weighted by Crippen LogP contribution is -2.48. The fraction of sp³-hybridized carbons (Fsp3) is 0.182. The minimum atomic E-state index is -1.04. The number of carboxylic acid groups (broad SMARTS) is 2. The number of allylic oxidation sites excluding steroid dienone is 1. The first-order valence-electron chi connectivity index (χ1n) is 9.35. The molecule has 2 N–H and O–H groups in total. The monoisotopic (exact) mass is 407 g/mol. The van der Waals surface area contributed by atoms with E-state index in [2.05, 4.69) is 9.88 Å². The van der Waals surface area contributed by atoms with E-state index in [4.69, 9.17) is 10.2 Å². The summed E-state index contributed by atoms with van der Waals surface area (Å²) in [4.78, 5) is 41.5. The van der Waals surface area contributed by atoms with Crippen LogP contribution in [-0.4, -0.2) is 64.1 Å². The average Bonchev–Trinajstić information content (AvgIpc) is 2.77. The van der Waals surface area contributed by atoms with Crippen LogP contribution < -0.4 is 4.90 Å². The molecular weight excluding hydrogens is 386 g/mol. The molecule has 0 saturated carbocycles. The van der Waals surface area contributed by atoms with Gasteiger partial charge in [0.15, 0.2) is 5.78 Å². The Morgan fingerprint density at radius 2 is 1.57 bits per heavy atom. The first-order valence-corrected chi connectivity index (χ1v) is 9.35. The van der Waals surface area contributed by atoms with Crippen LogP contribution in [0.4, 0.5) is 10.5 Å². The number of carboxylic acids is 1. The normalized spacial score (nSPS) is 14.4. The zero-order valence-electron chi connectivity index (χ0n) is 16.1. The van der Waals surface area contributed by atoms with E-state index in [9.17, 15) is 14.4 Å². The summed E-state index contributed by atoms with van der Waals surface area (Å²) in [5.74, 6) is -1.19. The highest BCUT2D eigenvalue weighted by atomic mass is 16.4. The summed E-state index contributed by atoms with van der Waals surface area (Å²) >= 11 is 0. The van der Waals surface area contributed by atoms with E-state index in [0.29, 0.717) is 37.4 Å². The molecule has 1 saturated heterocycles. The van der Waals surface area contributed by atoms with E-state index in [1.54, 1.807) is 36.5 Å². The maximum Gasteiger partial charge on any atom is 0.407 e. The van der Waals surface area contributed by atoms with E-state index >= 15 is 0 Å². The molecule has 1 amide bonds. The zero-order chi connectivity index (χ0) is 21.5. The third kappa shape index (κ3) is 5.54. The van der Waals surface area contributed by atoms with E-state index in [1.807, 2.05) is 12.1 Å². The number of carbonyl (C=O) groups excluding carboxylic acids is 1. The molecule has 8 nitrogen and oxygen atoms in total. The highest BCUT2D eigenvalue weighted by molar-refractivity contribution is 6.07. The minimum absolute atomic E-state index is 0.146. The molecule has 0 unspecified atom stereocenters. The third-order valence-electron chi connectivity index (χ3n) is 4.70. The summed E-state index contributed by atoms with van der Waals surface area (Å²) in [6.45, 7) is 2.14.